The summed E-state index contributed by atoms with van der Waals surface area (Å²) in [4.78, 5) is 12.4. The minimum atomic E-state index is -0.133. The zero-order chi connectivity index (χ0) is 22.0. The number of anilines is 1. The van der Waals surface area contributed by atoms with Gasteiger partial charge in [-0.05, 0) is 24.6 Å². The molecule has 2 aromatic carbocycles. The molecule has 31 heavy (non-hydrogen) atoms. The van der Waals surface area contributed by atoms with Crippen LogP contribution in [-0.4, -0.2) is 36.2 Å². The Bertz CT molecular complexity index is 1230. The number of hydrogen-bond donors (Lipinski definition) is 1. The summed E-state index contributed by atoms with van der Waals surface area (Å²) in [5, 5.41) is 17.4. The third-order valence-electron chi connectivity index (χ3n) is 4.76. The van der Waals surface area contributed by atoms with Crippen molar-refractivity contribution in [1.29, 1.82) is 0 Å². The zero-order valence-electron chi connectivity index (χ0n) is 17.3. The van der Waals surface area contributed by atoms with Gasteiger partial charge in [-0.1, -0.05) is 59.8 Å². The molecule has 9 heteroatoms. The lowest BCUT2D eigenvalue weighted by molar-refractivity contribution is -0.113. The second-order valence-electron chi connectivity index (χ2n) is 7.09. The molecule has 0 fully saturated rings. The summed E-state index contributed by atoms with van der Waals surface area (Å²) < 4.78 is 3.64. The third kappa shape index (κ3) is 4.65. The van der Waals surface area contributed by atoms with Crippen molar-refractivity contribution < 1.29 is 4.79 Å². The number of rotatable bonds is 6. The van der Waals surface area contributed by atoms with Gasteiger partial charge >= 0.3 is 0 Å². The molecule has 0 aliphatic rings. The largest absolute Gasteiger partial charge is 0.325 e. The standard InChI is InChI=1S/C22H21ClN6OS/c1-14-9-10-16(23)11-18(14)24-19(30)13-31-22-26-25-21(29(22)3)17-12-28(2)27-20(17)15-7-5-4-6-8-15/h4-12H,13H2,1-3H3,(H,24,30). The van der Waals surface area contributed by atoms with E-state index in [2.05, 4.69) is 20.6 Å². The fraction of sp³-hybridized carbons (Fsp3) is 0.182. The summed E-state index contributed by atoms with van der Waals surface area (Å²) >= 11 is 7.35. The molecule has 1 amide bonds. The van der Waals surface area contributed by atoms with Gasteiger partial charge < -0.3 is 9.88 Å². The first-order chi connectivity index (χ1) is 14.9. The van der Waals surface area contributed by atoms with Gasteiger partial charge in [0.1, 0.15) is 5.69 Å². The number of nitrogens with one attached hydrogen (secondary N) is 1. The highest BCUT2D eigenvalue weighted by atomic mass is 35.5. The Labute approximate surface area is 189 Å². The maximum atomic E-state index is 12.4. The Kier molecular flexibility index (Phi) is 6.11. The molecule has 0 atom stereocenters. The molecule has 0 saturated carbocycles. The number of carbonyl (C=O) groups is 1. The molecule has 0 aliphatic carbocycles. The molecule has 2 aromatic heterocycles. The Morgan fingerprint density at radius 1 is 1.13 bits per heavy atom. The molecule has 0 bridgehead atoms. The summed E-state index contributed by atoms with van der Waals surface area (Å²) in [6.45, 7) is 1.92. The van der Waals surface area contributed by atoms with Crippen molar-refractivity contribution in [2.45, 2.75) is 12.1 Å². The molecule has 4 aromatic rings. The van der Waals surface area contributed by atoms with Crippen LogP contribution in [0.3, 0.4) is 0 Å². The van der Waals surface area contributed by atoms with Crippen LogP contribution in [0.15, 0.2) is 59.9 Å². The number of hydrogen-bond acceptors (Lipinski definition) is 5. The van der Waals surface area contributed by atoms with E-state index in [-0.39, 0.29) is 11.7 Å². The Hall–Kier alpha value is -3.10. The van der Waals surface area contributed by atoms with Crippen molar-refractivity contribution >= 4 is 35.0 Å². The number of amides is 1. The first-order valence-corrected chi connectivity index (χ1v) is 11.0. The molecule has 4 rings (SSSR count). The van der Waals surface area contributed by atoms with Gasteiger partial charge in [0, 0.05) is 36.6 Å². The van der Waals surface area contributed by atoms with Crippen molar-refractivity contribution in [3.8, 4) is 22.6 Å². The molecular formula is C22H21ClN6OS. The van der Waals surface area contributed by atoms with Crippen molar-refractivity contribution in [3.05, 3.63) is 65.3 Å². The number of carbonyl (C=O) groups excluding carboxylic acids is 1. The minimum Gasteiger partial charge on any atom is -0.325 e. The summed E-state index contributed by atoms with van der Waals surface area (Å²) in [5.74, 6) is 0.767. The van der Waals surface area contributed by atoms with Crippen LogP contribution >= 0.6 is 23.4 Å². The van der Waals surface area contributed by atoms with Crippen molar-refractivity contribution in [1.82, 2.24) is 24.5 Å². The van der Waals surface area contributed by atoms with E-state index in [0.29, 0.717) is 21.7 Å². The molecule has 158 valence electrons. The second kappa shape index (κ2) is 8.95. The first kappa shape index (κ1) is 21.1. The van der Waals surface area contributed by atoms with E-state index in [1.54, 1.807) is 16.8 Å². The van der Waals surface area contributed by atoms with Crippen LogP contribution in [0.25, 0.3) is 22.6 Å². The van der Waals surface area contributed by atoms with Crippen LogP contribution in [0.5, 0.6) is 0 Å². The van der Waals surface area contributed by atoms with Crippen molar-refractivity contribution in [2.24, 2.45) is 14.1 Å². The van der Waals surface area contributed by atoms with E-state index < -0.39 is 0 Å². The van der Waals surface area contributed by atoms with Gasteiger partial charge in [-0.3, -0.25) is 9.48 Å². The third-order valence-corrected chi connectivity index (χ3v) is 6.01. The quantitative estimate of drug-likeness (QED) is 0.433. The monoisotopic (exact) mass is 452 g/mol. The number of benzene rings is 2. The molecular weight excluding hydrogens is 432 g/mol. The summed E-state index contributed by atoms with van der Waals surface area (Å²) in [6, 6.07) is 15.4. The minimum absolute atomic E-state index is 0.133. The normalized spacial score (nSPS) is 11.0. The maximum Gasteiger partial charge on any atom is 0.234 e. The molecule has 7 nitrogen and oxygen atoms in total. The fourth-order valence-electron chi connectivity index (χ4n) is 3.18. The fourth-order valence-corrected chi connectivity index (χ4v) is 4.06. The smallest absolute Gasteiger partial charge is 0.234 e. The summed E-state index contributed by atoms with van der Waals surface area (Å²) in [6.07, 6.45) is 1.93. The van der Waals surface area contributed by atoms with Gasteiger partial charge in [0.2, 0.25) is 5.91 Å². The average molecular weight is 453 g/mol. The van der Waals surface area contributed by atoms with E-state index in [1.165, 1.54) is 11.8 Å². The molecule has 0 spiro atoms. The van der Waals surface area contributed by atoms with Gasteiger partial charge in [0.25, 0.3) is 0 Å². The van der Waals surface area contributed by atoms with Gasteiger partial charge in [-0.2, -0.15) is 5.10 Å². The van der Waals surface area contributed by atoms with E-state index >= 15 is 0 Å². The molecule has 2 heterocycles. The van der Waals surface area contributed by atoms with Crippen molar-refractivity contribution in [3.63, 3.8) is 0 Å². The number of aryl methyl sites for hydroxylation is 2. The first-order valence-electron chi connectivity index (χ1n) is 9.60. The van der Waals surface area contributed by atoms with E-state index in [9.17, 15) is 4.79 Å². The number of thioether (sulfide) groups is 1. The molecule has 1 N–H and O–H groups in total. The predicted octanol–water partition coefficient (Wildman–Crippen LogP) is 4.58. The number of aromatic nitrogens is 5. The topological polar surface area (TPSA) is 77.6 Å². The van der Waals surface area contributed by atoms with E-state index in [1.807, 2.05) is 68.2 Å². The lowest BCUT2D eigenvalue weighted by Gasteiger charge is -2.08. The average Bonchev–Trinajstić information content (AvgIpc) is 3.32. The Balaban J connectivity index is 1.51. The van der Waals surface area contributed by atoms with Gasteiger partial charge in [-0.25, -0.2) is 0 Å². The van der Waals surface area contributed by atoms with Crippen molar-refractivity contribution in [2.75, 3.05) is 11.1 Å². The molecule has 0 saturated heterocycles. The highest BCUT2D eigenvalue weighted by molar-refractivity contribution is 7.99. The summed E-state index contributed by atoms with van der Waals surface area (Å²) in [5.41, 5.74) is 4.39. The van der Waals surface area contributed by atoms with Crippen LogP contribution < -0.4 is 5.32 Å². The second-order valence-corrected chi connectivity index (χ2v) is 8.47. The lowest BCUT2D eigenvalue weighted by Crippen LogP contribution is -2.15. The van der Waals surface area contributed by atoms with Gasteiger partial charge in [-0.15, -0.1) is 10.2 Å². The zero-order valence-corrected chi connectivity index (χ0v) is 18.9. The molecule has 0 aliphatic heterocycles. The van der Waals surface area contributed by atoms with Crippen LogP contribution in [0.1, 0.15) is 5.56 Å². The van der Waals surface area contributed by atoms with Crippen LogP contribution in [-0.2, 0) is 18.9 Å². The highest BCUT2D eigenvalue weighted by Crippen LogP contribution is 2.31. The molecule has 0 radical (unpaired) electrons. The van der Waals surface area contributed by atoms with Gasteiger partial charge in [0.15, 0.2) is 11.0 Å². The van der Waals surface area contributed by atoms with Gasteiger partial charge in [0.05, 0.1) is 11.3 Å². The van der Waals surface area contributed by atoms with E-state index in [0.717, 1.165) is 22.4 Å². The number of nitrogens with zero attached hydrogens (tertiary/aromatic N) is 5. The lowest BCUT2D eigenvalue weighted by atomic mass is 10.1. The highest BCUT2D eigenvalue weighted by Gasteiger charge is 2.19. The Morgan fingerprint density at radius 3 is 2.68 bits per heavy atom. The predicted molar refractivity (Wildman–Crippen MR) is 124 cm³/mol. The summed E-state index contributed by atoms with van der Waals surface area (Å²) in [7, 11) is 3.77. The SMILES string of the molecule is Cc1ccc(Cl)cc1NC(=O)CSc1nnc(-c2cn(C)nc2-c2ccccc2)n1C. The van der Waals surface area contributed by atoms with Crippen LogP contribution in [0.2, 0.25) is 5.02 Å². The number of halogens is 1. The maximum absolute atomic E-state index is 12.4. The van der Waals surface area contributed by atoms with Crippen LogP contribution in [0.4, 0.5) is 5.69 Å². The van der Waals surface area contributed by atoms with Crippen LogP contribution in [0, 0.1) is 6.92 Å². The van der Waals surface area contributed by atoms with E-state index in [4.69, 9.17) is 11.6 Å². The Morgan fingerprint density at radius 2 is 1.90 bits per heavy atom. The molecule has 0 unspecified atom stereocenters.